The van der Waals surface area contributed by atoms with E-state index in [1.807, 2.05) is 37.3 Å². The van der Waals surface area contributed by atoms with Crippen molar-refractivity contribution < 1.29 is 4.79 Å². The quantitative estimate of drug-likeness (QED) is 0.231. The number of carbonyl (C=O) groups excluding carboxylic acids is 1. The van der Waals surface area contributed by atoms with Gasteiger partial charge in [-0.15, -0.1) is 0 Å². The molecule has 0 saturated carbocycles. The van der Waals surface area contributed by atoms with Crippen LogP contribution in [0.25, 0.3) is 38.4 Å². The van der Waals surface area contributed by atoms with E-state index in [9.17, 15) is 9.59 Å². The Morgan fingerprint density at radius 1 is 0.921 bits per heavy atom. The van der Waals surface area contributed by atoms with E-state index in [1.165, 1.54) is 6.08 Å². The smallest absolute Gasteiger partial charge is 0.255 e. The number of amides is 1. The minimum absolute atomic E-state index is 0.166. The number of hydrogen-bond donors (Lipinski definition) is 1. The summed E-state index contributed by atoms with van der Waals surface area (Å²) >= 11 is 0. The van der Waals surface area contributed by atoms with Gasteiger partial charge in [0.15, 0.2) is 0 Å². The number of aryl methyl sites for hydroxylation is 1. The topological polar surface area (TPSA) is 76.9 Å². The molecule has 0 bridgehead atoms. The summed E-state index contributed by atoms with van der Waals surface area (Å²) in [7, 11) is 0. The highest BCUT2D eigenvalue weighted by Gasteiger charge is 2.13. The molecule has 0 aliphatic rings. The van der Waals surface area contributed by atoms with E-state index in [-0.39, 0.29) is 11.5 Å². The molecule has 0 unspecified atom stereocenters. The van der Waals surface area contributed by atoms with E-state index in [0.717, 1.165) is 55.8 Å². The van der Waals surface area contributed by atoms with Gasteiger partial charge in [0.25, 0.3) is 5.56 Å². The Bertz CT molecular complexity index is 1960. The third-order valence-electron chi connectivity index (χ3n) is 6.78. The normalized spacial score (nSPS) is 11.2. The Hall–Kier alpha value is -5.10. The first-order valence-electron chi connectivity index (χ1n) is 12.3. The molecule has 3 heterocycles. The van der Waals surface area contributed by atoms with Gasteiger partial charge in [0.1, 0.15) is 0 Å². The van der Waals surface area contributed by atoms with Gasteiger partial charge in [-0.25, -0.2) is 0 Å². The van der Waals surface area contributed by atoms with Gasteiger partial charge in [0.2, 0.25) is 5.91 Å². The summed E-state index contributed by atoms with van der Waals surface area (Å²) in [6.07, 6.45) is 5.54. The number of fused-ring (bicyclic) bond motifs is 4. The molecule has 0 aliphatic carbocycles. The lowest BCUT2D eigenvalue weighted by Crippen LogP contribution is -2.18. The van der Waals surface area contributed by atoms with Crippen molar-refractivity contribution >= 4 is 44.3 Å². The predicted octanol–water partition coefficient (Wildman–Crippen LogP) is 6.11. The van der Waals surface area contributed by atoms with Crippen molar-refractivity contribution in [3.05, 3.63) is 131 Å². The van der Waals surface area contributed by atoms with Crippen LogP contribution in [0.2, 0.25) is 0 Å². The van der Waals surface area contributed by atoms with E-state index in [1.54, 1.807) is 29.1 Å². The van der Waals surface area contributed by atoms with Crippen molar-refractivity contribution in [3.8, 4) is 5.69 Å². The van der Waals surface area contributed by atoms with Gasteiger partial charge in [-0.05, 0) is 78.6 Å². The second-order valence-corrected chi connectivity index (χ2v) is 9.32. The fourth-order valence-electron chi connectivity index (χ4n) is 4.85. The number of nitrogens with zero attached hydrogens (tertiary/aromatic N) is 3. The molecular weight excluding hydrogens is 472 g/mol. The lowest BCUT2D eigenvalue weighted by molar-refractivity contribution is -0.111. The van der Waals surface area contributed by atoms with Crippen LogP contribution in [0.15, 0.2) is 109 Å². The summed E-state index contributed by atoms with van der Waals surface area (Å²) in [5.74, 6) is -0.307. The van der Waals surface area contributed by atoms with Gasteiger partial charge in [-0.3, -0.25) is 24.1 Å². The Balaban J connectivity index is 1.52. The third-order valence-corrected chi connectivity index (χ3v) is 6.78. The first-order valence-corrected chi connectivity index (χ1v) is 12.3. The second kappa shape index (κ2) is 9.41. The van der Waals surface area contributed by atoms with Gasteiger partial charge in [0, 0.05) is 40.3 Å². The van der Waals surface area contributed by atoms with E-state index < -0.39 is 0 Å². The molecule has 6 aromatic rings. The van der Waals surface area contributed by atoms with Gasteiger partial charge in [-0.1, -0.05) is 36.9 Å². The van der Waals surface area contributed by atoms with Crippen molar-refractivity contribution in [2.45, 2.75) is 13.3 Å². The van der Waals surface area contributed by atoms with E-state index in [4.69, 9.17) is 0 Å². The van der Waals surface area contributed by atoms with Crippen molar-refractivity contribution in [2.24, 2.45) is 0 Å². The van der Waals surface area contributed by atoms with E-state index in [2.05, 4.69) is 58.3 Å². The Kier molecular flexibility index (Phi) is 5.77. The number of rotatable bonds is 5. The summed E-state index contributed by atoms with van der Waals surface area (Å²) in [6, 6.07) is 25.4. The molecule has 3 aromatic carbocycles. The molecule has 0 atom stereocenters. The van der Waals surface area contributed by atoms with Crippen LogP contribution < -0.4 is 10.9 Å². The maximum atomic E-state index is 13.3. The third kappa shape index (κ3) is 4.22. The molecule has 0 radical (unpaired) electrons. The second-order valence-electron chi connectivity index (χ2n) is 9.32. The first kappa shape index (κ1) is 23.3. The first-order chi connectivity index (χ1) is 18.5. The molecule has 6 nitrogen and oxygen atoms in total. The maximum Gasteiger partial charge on any atom is 0.255 e. The number of carbonyl (C=O) groups is 1. The van der Waals surface area contributed by atoms with Gasteiger partial charge in [-0.2, -0.15) is 0 Å². The Morgan fingerprint density at radius 2 is 1.74 bits per heavy atom. The molecule has 0 fully saturated rings. The van der Waals surface area contributed by atoms with Crippen LogP contribution in [-0.2, 0) is 11.2 Å². The molecule has 0 saturated heterocycles. The molecule has 1 amide bonds. The van der Waals surface area contributed by atoms with Gasteiger partial charge >= 0.3 is 0 Å². The monoisotopic (exact) mass is 496 g/mol. The molecule has 3 aromatic heterocycles. The number of pyridine rings is 3. The highest BCUT2D eigenvalue weighted by Crippen LogP contribution is 2.28. The highest BCUT2D eigenvalue weighted by molar-refractivity contribution is 6.04. The van der Waals surface area contributed by atoms with E-state index in [0.29, 0.717) is 11.4 Å². The summed E-state index contributed by atoms with van der Waals surface area (Å²) in [6.45, 7) is 5.44. The predicted molar refractivity (Wildman–Crippen MR) is 153 cm³/mol. The highest BCUT2D eigenvalue weighted by atomic mass is 16.1. The lowest BCUT2D eigenvalue weighted by Gasteiger charge is -2.15. The summed E-state index contributed by atoms with van der Waals surface area (Å²) in [5, 5.41) is 5.67. The van der Waals surface area contributed by atoms with Crippen LogP contribution in [0.5, 0.6) is 0 Å². The minimum atomic E-state index is -0.307. The van der Waals surface area contributed by atoms with Crippen molar-refractivity contribution in [1.29, 1.82) is 0 Å². The van der Waals surface area contributed by atoms with Crippen LogP contribution in [0.3, 0.4) is 0 Å². The fourth-order valence-corrected chi connectivity index (χ4v) is 4.85. The van der Waals surface area contributed by atoms with Crippen molar-refractivity contribution in [3.63, 3.8) is 0 Å². The average molecular weight is 497 g/mol. The molecule has 6 rings (SSSR count). The van der Waals surface area contributed by atoms with Crippen LogP contribution in [0.4, 0.5) is 5.69 Å². The molecule has 1 N–H and O–H groups in total. The minimum Gasteiger partial charge on any atom is -0.322 e. The Labute approximate surface area is 218 Å². The van der Waals surface area contributed by atoms with E-state index >= 15 is 0 Å². The summed E-state index contributed by atoms with van der Waals surface area (Å²) in [4.78, 5) is 34.4. The average Bonchev–Trinajstić information content (AvgIpc) is 2.94. The van der Waals surface area contributed by atoms with Crippen LogP contribution in [-0.4, -0.2) is 20.4 Å². The number of anilines is 1. The summed E-state index contributed by atoms with van der Waals surface area (Å²) in [5.41, 5.74) is 6.80. The van der Waals surface area contributed by atoms with Crippen molar-refractivity contribution in [2.75, 3.05) is 5.32 Å². The molecular formula is C32H24N4O2. The zero-order valence-electron chi connectivity index (χ0n) is 20.8. The zero-order chi connectivity index (χ0) is 26.2. The standard InChI is InChI=1S/C32H24N4O2/c1-3-30(37)35-28-18-25(11-6-20(28)2)36-31(38)13-10-24-19-34-27-12-8-21(16-26(27)32(24)36)15-22-7-9-23-5-4-14-33-29(23)17-22/h3-14,16-19H,1,15H2,2H3,(H,35,37). The SMILES string of the molecule is C=CC(=O)Nc1cc(-n2c(=O)ccc3cnc4ccc(Cc5ccc6cccnc6c5)cc4c32)ccc1C. The molecule has 38 heavy (non-hydrogen) atoms. The van der Waals surface area contributed by atoms with Crippen molar-refractivity contribution in [1.82, 2.24) is 14.5 Å². The molecule has 6 heteroatoms. The molecule has 184 valence electrons. The Morgan fingerprint density at radius 3 is 2.61 bits per heavy atom. The summed E-state index contributed by atoms with van der Waals surface area (Å²) < 4.78 is 1.69. The molecule has 0 spiro atoms. The largest absolute Gasteiger partial charge is 0.322 e. The number of aromatic nitrogens is 3. The van der Waals surface area contributed by atoms with Crippen LogP contribution in [0.1, 0.15) is 16.7 Å². The van der Waals surface area contributed by atoms with Crippen LogP contribution >= 0.6 is 0 Å². The fraction of sp³-hybridized carbons (Fsp3) is 0.0625. The van der Waals surface area contributed by atoms with Gasteiger partial charge < -0.3 is 5.32 Å². The maximum absolute atomic E-state index is 13.3. The van der Waals surface area contributed by atoms with Crippen LogP contribution in [0, 0.1) is 6.92 Å². The lowest BCUT2D eigenvalue weighted by atomic mass is 10.0. The van der Waals surface area contributed by atoms with Gasteiger partial charge in [0.05, 0.1) is 22.2 Å². The zero-order valence-corrected chi connectivity index (χ0v) is 20.8. The molecule has 0 aliphatic heterocycles. The number of benzene rings is 3. The number of nitrogens with one attached hydrogen (secondary N) is 1. The number of hydrogen-bond acceptors (Lipinski definition) is 4.